The van der Waals surface area contributed by atoms with Gasteiger partial charge < -0.3 is 22.3 Å². The minimum Gasteiger partial charge on any atom is -0.481 e. The fraction of sp³-hybridized carbons (Fsp3) is 0.231. The molecule has 0 amide bonds. The van der Waals surface area contributed by atoms with Crippen molar-refractivity contribution in [2.24, 2.45) is 33.1 Å². The molecule has 1 aromatic carbocycles. The number of Topliss-reactive ketones (excluding diaryl/α,β-unsaturated/α-hetero) is 1. The van der Waals surface area contributed by atoms with Gasteiger partial charge in [0.1, 0.15) is 0 Å². The van der Waals surface area contributed by atoms with Gasteiger partial charge in [0.25, 0.3) is 0 Å². The number of carboxylic acid groups (broad SMARTS) is 1. The van der Waals surface area contributed by atoms with Crippen molar-refractivity contribution in [3.8, 4) is 0 Å². The van der Waals surface area contributed by atoms with Crippen LogP contribution in [0.15, 0.2) is 34.3 Å². The van der Waals surface area contributed by atoms with Gasteiger partial charge in [-0.05, 0) is 24.3 Å². The van der Waals surface area contributed by atoms with Crippen LogP contribution < -0.4 is 17.2 Å². The van der Waals surface area contributed by atoms with Crippen LogP contribution in [-0.2, 0) is 4.79 Å². The Kier molecular flexibility index (Phi) is 5.41. The van der Waals surface area contributed by atoms with E-state index in [1.807, 2.05) is 0 Å². The summed E-state index contributed by atoms with van der Waals surface area (Å²) in [6, 6.07) is 6.22. The van der Waals surface area contributed by atoms with Gasteiger partial charge in [-0.3, -0.25) is 9.59 Å². The summed E-state index contributed by atoms with van der Waals surface area (Å²) in [6.45, 7) is 1.57. The smallest absolute Gasteiger partial charge is 0.304 e. The van der Waals surface area contributed by atoms with E-state index in [2.05, 4.69) is 9.98 Å². The monoisotopic (exact) mass is 291 g/mol. The molecular formula is C13H17N5O3. The molecule has 0 aliphatic heterocycles. The van der Waals surface area contributed by atoms with Gasteiger partial charge in [-0.15, -0.1) is 0 Å². The number of hydrogen-bond donors (Lipinski definition) is 4. The standard InChI is InChI=1S/C13H17N5O3/c1-7(6-10(19)20)11(21)8-2-4-9(5-3-8)17-13(16)18-12(14)15/h2-5,7H,6H2,1H3,(H,19,20)(H6,14,15,16,17,18). The molecule has 1 unspecified atom stereocenters. The van der Waals surface area contributed by atoms with Gasteiger partial charge in [0.2, 0.25) is 5.96 Å². The lowest BCUT2D eigenvalue weighted by atomic mass is 9.96. The van der Waals surface area contributed by atoms with E-state index >= 15 is 0 Å². The van der Waals surface area contributed by atoms with Crippen LogP contribution in [0, 0.1) is 5.92 Å². The van der Waals surface area contributed by atoms with E-state index in [-0.39, 0.29) is 24.1 Å². The molecule has 0 saturated carbocycles. The molecule has 0 aliphatic rings. The van der Waals surface area contributed by atoms with Crippen LogP contribution in [-0.4, -0.2) is 28.8 Å². The Bertz CT molecular complexity index is 588. The minimum absolute atomic E-state index is 0.103. The quantitative estimate of drug-likeness (QED) is 0.344. The molecule has 21 heavy (non-hydrogen) atoms. The first kappa shape index (κ1) is 16.2. The number of aliphatic imine (C=N–C) groups is 2. The Hall–Kier alpha value is -2.90. The highest BCUT2D eigenvalue weighted by Crippen LogP contribution is 2.17. The summed E-state index contributed by atoms with van der Waals surface area (Å²) in [4.78, 5) is 30.1. The van der Waals surface area contributed by atoms with Crippen LogP contribution in [0.4, 0.5) is 5.69 Å². The molecule has 0 fully saturated rings. The van der Waals surface area contributed by atoms with Crippen LogP contribution in [0.2, 0.25) is 0 Å². The fourth-order valence-electron chi connectivity index (χ4n) is 1.63. The van der Waals surface area contributed by atoms with Crippen molar-refractivity contribution >= 4 is 29.4 Å². The molecule has 0 spiro atoms. The third kappa shape index (κ3) is 5.31. The summed E-state index contributed by atoms with van der Waals surface area (Å²) in [6.07, 6.45) is -0.212. The van der Waals surface area contributed by atoms with E-state index in [1.54, 1.807) is 31.2 Å². The first-order chi connectivity index (χ1) is 9.79. The summed E-state index contributed by atoms with van der Waals surface area (Å²) in [7, 11) is 0. The SMILES string of the molecule is CC(CC(=O)O)C(=O)c1ccc(N=C(N)N=C(N)N)cc1. The van der Waals surface area contributed by atoms with E-state index in [0.717, 1.165) is 0 Å². The lowest BCUT2D eigenvalue weighted by Gasteiger charge is -2.07. The van der Waals surface area contributed by atoms with E-state index in [4.69, 9.17) is 22.3 Å². The lowest BCUT2D eigenvalue weighted by molar-refractivity contribution is -0.137. The topological polar surface area (TPSA) is 157 Å². The fourth-order valence-corrected chi connectivity index (χ4v) is 1.63. The molecule has 0 heterocycles. The molecule has 7 N–H and O–H groups in total. The zero-order chi connectivity index (χ0) is 16.0. The predicted octanol–water partition coefficient (Wildman–Crippen LogP) is 0.200. The van der Waals surface area contributed by atoms with Gasteiger partial charge >= 0.3 is 5.97 Å². The number of aliphatic carboxylic acids is 1. The van der Waals surface area contributed by atoms with Gasteiger partial charge in [-0.1, -0.05) is 6.92 Å². The average molecular weight is 291 g/mol. The maximum absolute atomic E-state index is 12.0. The van der Waals surface area contributed by atoms with E-state index in [1.165, 1.54) is 0 Å². The van der Waals surface area contributed by atoms with Gasteiger partial charge in [0.05, 0.1) is 12.1 Å². The van der Waals surface area contributed by atoms with Crippen LogP contribution in [0.25, 0.3) is 0 Å². The predicted molar refractivity (Wildman–Crippen MR) is 79.3 cm³/mol. The highest BCUT2D eigenvalue weighted by Gasteiger charge is 2.17. The Morgan fingerprint density at radius 1 is 1.19 bits per heavy atom. The second-order valence-corrected chi connectivity index (χ2v) is 4.42. The number of nitrogens with two attached hydrogens (primary N) is 3. The maximum Gasteiger partial charge on any atom is 0.304 e. The summed E-state index contributed by atoms with van der Waals surface area (Å²) in [5.41, 5.74) is 16.7. The van der Waals surface area contributed by atoms with Crippen LogP contribution in [0.3, 0.4) is 0 Å². The molecule has 0 aromatic heterocycles. The second kappa shape index (κ2) is 7.04. The normalized spacial score (nSPS) is 12.5. The van der Waals surface area contributed by atoms with Crippen molar-refractivity contribution in [2.75, 3.05) is 0 Å². The Labute approximate surface area is 121 Å². The van der Waals surface area contributed by atoms with Crippen LogP contribution >= 0.6 is 0 Å². The van der Waals surface area contributed by atoms with Gasteiger partial charge in [-0.2, -0.15) is 4.99 Å². The van der Waals surface area contributed by atoms with Crippen LogP contribution in [0.5, 0.6) is 0 Å². The summed E-state index contributed by atoms with van der Waals surface area (Å²) in [5, 5.41) is 8.68. The average Bonchev–Trinajstić information content (AvgIpc) is 2.36. The number of benzene rings is 1. The third-order valence-electron chi connectivity index (χ3n) is 2.57. The highest BCUT2D eigenvalue weighted by atomic mass is 16.4. The van der Waals surface area contributed by atoms with E-state index < -0.39 is 11.9 Å². The van der Waals surface area contributed by atoms with Crippen molar-refractivity contribution < 1.29 is 14.7 Å². The molecule has 0 radical (unpaired) electrons. The van der Waals surface area contributed by atoms with Crippen molar-refractivity contribution in [1.82, 2.24) is 0 Å². The second-order valence-electron chi connectivity index (χ2n) is 4.42. The molecule has 0 saturated heterocycles. The van der Waals surface area contributed by atoms with Gasteiger partial charge in [0.15, 0.2) is 11.7 Å². The number of carbonyl (C=O) groups excluding carboxylic acids is 1. The largest absolute Gasteiger partial charge is 0.481 e. The summed E-state index contributed by atoms with van der Waals surface area (Å²) < 4.78 is 0. The number of rotatable bonds is 5. The maximum atomic E-state index is 12.0. The van der Waals surface area contributed by atoms with E-state index in [9.17, 15) is 9.59 Å². The first-order valence-electron chi connectivity index (χ1n) is 6.09. The molecular weight excluding hydrogens is 274 g/mol. The number of carbonyl (C=O) groups is 2. The van der Waals surface area contributed by atoms with Crippen LogP contribution in [0.1, 0.15) is 23.7 Å². The first-order valence-corrected chi connectivity index (χ1v) is 6.09. The number of hydrogen-bond acceptors (Lipinski definition) is 3. The molecule has 0 aliphatic carbocycles. The van der Waals surface area contributed by atoms with Crippen molar-refractivity contribution in [3.05, 3.63) is 29.8 Å². The molecule has 1 rings (SSSR count). The summed E-state index contributed by atoms with van der Waals surface area (Å²) in [5.74, 6) is -2.16. The third-order valence-corrected chi connectivity index (χ3v) is 2.57. The number of ketones is 1. The van der Waals surface area contributed by atoms with Crippen molar-refractivity contribution in [1.29, 1.82) is 0 Å². The van der Waals surface area contributed by atoms with E-state index in [0.29, 0.717) is 11.3 Å². The number of guanidine groups is 2. The Morgan fingerprint density at radius 2 is 1.76 bits per heavy atom. The molecule has 0 bridgehead atoms. The molecule has 1 atom stereocenters. The lowest BCUT2D eigenvalue weighted by Crippen LogP contribution is -2.26. The Balaban J connectivity index is 2.85. The zero-order valence-corrected chi connectivity index (χ0v) is 11.5. The number of nitrogens with zero attached hydrogens (tertiary/aromatic N) is 2. The van der Waals surface area contributed by atoms with Crippen molar-refractivity contribution in [3.63, 3.8) is 0 Å². The van der Waals surface area contributed by atoms with Gasteiger partial charge in [0, 0.05) is 11.5 Å². The number of carboxylic acids is 1. The molecule has 8 nitrogen and oxygen atoms in total. The molecule has 8 heteroatoms. The Morgan fingerprint density at radius 3 is 2.24 bits per heavy atom. The summed E-state index contributed by atoms with van der Waals surface area (Å²) >= 11 is 0. The highest BCUT2D eigenvalue weighted by molar-refractivity contribution is 5.99. The molecule has 1 aromatic rings. The zero-order valence-electron chi connectivity index (χ0n) is 11.5. The van der Waals surface area contributed by atoms with Crippen molar-refractivity contribution in [2.45, 2.75) is 13.3 Å². The minimum atomic E-state index is -1.01. The molecule has 112 valence electrons. The van der Waals surface area contributed by atoms with Gasteiger partial charge in [-0.25, -0.2) is 4.99 Å².